The number of hydrogen-bond donors (Lipinski definition) is 2. The van der Waals surface area contributed by atoms with Crippen LogP contribution in [0.25, 0.3) is 10.9 Å². The van der Waals surface area contributed by atoms with E-state index in [1.54, 1.807) is 14.2 Å². The van der Waals surface area contributed by atoms with E-state index in [1.807, 2.05) is 25.1 Å². The molecular formula is C20H19N5O4. The van der Waals surface area contributed by atoms with E-state index in [4.69, 9.17) is 9.47 Å². The standard InChI is InChI=1S/C20H19N5O4/c1-10-17-13-7-14(20(26)27)21-9-15(13)23-19(18(17)25-24-10)22-8-11-4-5-12(28-2)6-16(11)29-3/h4-7,9-10H,8H2,1-3H3,(H,22,23)(H,26,27). The van der Waals surface area contributed by atoms with Gasteiger partial charge in [-0.05, 0) is 25.1 Å². The lowest BCUT2D eigenvalue weighted by Gasteiger charge is -2.14. The van der Waals surface area contributed by atoms with Crippen molar-refractivity contribution in [2.45, 2.75) is 19.5 Å². The predicted molar refractivity (Wildman–Crippen MR) is 106 cm³/mol. The van der Waals surface area contributed by atoms with E-state index < -0.39 is 5.97 Å². The maximum atomic E-state index is 11.3. The highest BCUT2D eigenvalue weighted by molar-refractivity contribution is 5.96. The Morgan fingerprint density at radius 3 is 2.79 bits per heavy atom. The fraction of sp³-hybridized carbons (Fsp3) is 0.250. The molecule has 1 aliphatic rings. The predicted octanol–water partition coefficient (Wildman–Crippen LogP) is 4.12. The van der Waals surface area contributed by atoms with Crippen LogP contribution in [0, 0.1) is 0 Å². The number of aromatic nitrogens is 2. The molecule has 3 heterocycles. The average Bonchev–Trinajstić information content (AvgIpc) is 3.13. The summed E-state index contributed by atoms with van der Waals surface area (Å²) in [5, 5.41) is 21.7. The summed E-state index contributed by atoms with van der Waals surface area (Å²) < 4.78 is 10.7. The highest BCUT2D eigenvalue weighted by atomic mass is 16.5. The second kappa shape index (κ2) is 7.34. The third kappa shape index (κ3) is 3.31. The summed E-state index contributed by atoms with van der Waals surface area (Å²) in [6.45, 7) is 2.36. The van der Waals surface area contributed by atoms with Crippen molar-refractivity contribution in [1.82, 2.24) is 9.97 Å². The summed E-state index contributed by atoms with van der Waals surface area (Å²) in [7, 11) is 3.21. The number of fused-ring (bicyclic) bond motifs is 3. The molecule has 0 bridgehead atoms. The number of nitrogens with one attached hydrogen (secondary N) is 1. The molecule has 2 aromatic heterocycles. The smallest absolute Gasteiger partial charge is 0.354 e. The van der Waals surface area contributed by atoms with Crippen LogP contribution in [-0.2, 0) is 6.54 Å². The first kappa shape index (κ1) is 18.6. The zero-order chi connectivity index (χ0) is 20.5. The minimum Gasteiger partial charge on any atom is -0.497 e. The van der Waals surface area contributed by atoms with E-state index in [-0.39, 0.29) is 11.7 Å². The van der Waals surface area contributed by atoms with Crippen LogP contribution in [-0.4, -0.2) is 35.3 Å². The highest BCUT2D eigenvalue weighted by Crippen LogP contribution is 2.44. The first-order chi connectivity index (χ1) is 14.0. The van der Waals surface area contributed by atoms with Gasteiger partial charge in [0.05, 0.1) is 32.0 Å². The second-order valence-electron chi connectivity index (χ2n) is 6.54. The molecule has 0 amide bonds. The van der Waals surface area contributed by atoms with Gasteiger partial charge >= 0.3 is 5.97 Å². The van der Waals surface area contributed by atoms with E-state index in [9.17, 15) is 9.90 Å². The van der Waals surface area contributed by atoms with Gasteiger partial charge in [-0.3, -0.25) is 0 Å². The normalized spacial score (nSPS) is 14.7. The lowest BCUT2D eigenvalue weighted by Crippen LogP contribution is -2.06. The maximum absolute atomic E-state index is 11.3. The summed E-state index contributed by atoms with van der Waals surface area (Å²) in [5.74, 6) is 0.868. The second-order valence-corrected chi connectivity index (χ2v) is 6.54. The molecule has 148 valence electrons. The quantitative estimate of drug-likeness (QED) is 0.647. The largest absolute Gasteiger partial charge is 0.497 e. The zero-order valence-corrected chi connectivity index (χ0v) is 16.1. The van der Waals surface area contributed by atoms with Crippen molar-refractivity contribution in [3.63, 3.8) is 0 Å². The van der Waals surface area contributed by atoms with Gasteiger partial charge in [-0.25, -0.2) is 14.8 Å². The monoisotopic (exact) mass is 393 g/mol. The molecule has 0 fully saturated rings. The molecule has 0 saturated heterocycles. The van der Waals surface area contributed by atoms with Crippen LogP contribution in [0.2, 0.25) is 0 Å². The van der Waals surface area contributed by atoms with Gasteiger partial charge in [0.2, 0.25) is 0 Å². The zero-order valence-electron chi connectivity index (χ0n) is 16.1. The molecule has 1 aliphatic heterocycles. The third-order valence-corrected chi connectivity index (χ3v) is 4.79. The molecular weight excluding hydrogens is 374 g/mol. The van der Waals surface area contributed by atoms with E-state index in [1.165, 1.54) is 12.3 Å². The minimum atomic E-state index is -1.09. The van der Waals surface area contributed by atoms with Gasteiger partial charge in [0.15, 0.2) is 5.82 Å². The fourth-order valence-corrected chi connectivity index (χ4v) is 3.32. The van der Waals surface area contributed by atoms with Gasteiger partial charge in [0.1, 0.15) is 22.9 Å². The number of pyridine rings is 2. The number of anilines is 1. The van der Waals surface area contributed by atoms with Crippen LogP contribution in [0.5, 0.6) is 11.5 Å². The lowest BCUT2D eigenvalue weighted by molar-refractivity contribution is 0.0690. The Bertz CT molecular complexity index is 1150. The summed E-state index contributed by atoms with van der Waals surface area (Å²) in [4.78, 5) is 19.9. The number of hydrogen-bond acceptors (Lipinski definition) is 8. The molecule has 1 aromatic carbocycles. The number of aromatic carboxylic acids is 1. The van der Waals surface area contributed by atoms with Gasteiger partial charge in [0.25, 0.3) is 0 Å². The molecule has 0 saturated carbocycles. The van der Waals surface area contributed by atoms with Crippen molar-refractivity contribution >= 4 is 28.4 Å². The van der Waals surface area contributed by atoms with Gasteiger partial charge < -0.3 is 19.9 Å². The number of nitrogens with zero attached hydrogens (tertiary/aromatic N) is 4. The number of rotatable bonds is 6. The highest BCUT2D eigenvalue weighted by Gasteiger charge is 2.25. The Labute approximate surface area is 166 Å². The first-order valence-electron chi connectivity index (χ1n) is 8.94. The molecule has 3 aromatic rings. The molecule has 0 radical (unpaired) electrons. The van der Waals surface area contributed by atoms with Gasteiger partial charge in [-0.15, -0.1) is 0 Å². The van der Waals surface area contributed by atoms with E-state index in [0.717, 1.165) is 11.1 Å². The number of carbonyl (C=O) groups is 1. The Hall–Kier alpha value is -3.75. The SMILES string of the molecule is COc1ccc(CNc2nc3cnc(C(=O)O)cc3c3c2N=NC3C)c(OC)c1. The van der Waals surface area contributed by atoms with Crippen molar-refractivity contribution in [3.05, 3.63) is 47.3 Å². The summed E-state index contributed by atoms with van der Waals surface area (Å²) in [6, 6.07) is 6.91. The minimum absolute atomic E-state index is 0.0377. The third-order valence-electron chi connectivity index (χ3n) is 4.79. The maximum Gasteiger partial charge on any atom is 0.354 e. The van der Waals surface area contributed by atoms with Crippen LogP contribution in [0.1, 0.15) is 34.6 Å². The number of carboxylic acid groups (broad SMARTS) is 1. The average molecular weight is 393 g/mol. The summed E-state index contributed by atoms with van der Waals surface area (Å²) in [6.07, 6.45) is 1.46. The van der Waals surface area contributed by atoms with Crippen molar-refractivity contribution < 1.29 is 19.4 Å². The van der Waals surface area contributed by atoms with Gasteiger partial charge in [-0.2, -0.15) is 10.2 Å². The Kier molecular flexibility index (Phi) is 4.71. The Morgan fingerprint density at radius 2 is 2.07 bits per heavy atom. The van der Waals surface area contributed by atoms with Crippen LogP contribution in [0.4, 0.5) is 11.5 Å². The van der Waals surface area contributed by atoms with Crippen LogP contribution in [0.3, 0.4) is 0 Å². The van der Waals surface area contributed by atoms with E-state index in [2.05, 4.69) is 25.5 Å². The van der Waals surface area contributed by atoms with Crippen LogP contribution in [0.15, 0.2) is 40.7 Å². The van der Waals surface area contributed by atoms with Gasteiger partial charge in [0, 0.05) is 29.1 Å². The molecule has 1 unspecified atom stereocenters. The molecule has 0 spiro atoms. The fourth-order valence-electron chi connectivity index (χ4n) is 3.32. The molecule has 0 aliphatic carbocycles. The lowest BCUT2D eigenvalue weighted by atomic mass is 10.0. The van der Waals surface area contributed by atoms with Crippen molar-refractivity contribution in [3.8, 4) is 11.5 Å². The Balaban J connectivity index is 1.73. The number of carboxylic acids is 1. The number of methoxy groups -OCH3 is 2. The first-order valence-corrected chi connectivity index (χ1v) is 8.94. The molecule has 9 heteroatoms. The van der Waals surface area contributed by atoms with Crippen LogP contribution >= 0.6 is 0 Å². The molecule has 2 N–H and O–H groups in total. The van der Waals surface area contributed by atoms with Crippen molar-refractivity contribution in [2.24, 2.45) is 10.2 Å². The molecule has 29 heavy (non-hydrogen) atoms. The molecule has 4 rings (SSSR count). The van der Waals surface area contributed by atoms with E-state index >= 15 is 0 Å². The van der Waals surface area contributed by atoms with E-state index in [0.29, 0.717) is 40.5 Å². The molecule has 1 atom stereocenters. The summed E-state index contributed by atoms with van der Waals surface area (Å²) in [5.41, 5.74) is 2.91. The van der Waals surface area contributed by atoms with Crippen LogP contribution < -0.4 is 14.8 Å². The number of benzene rings is 1. The summed E-state index contributed by atoms with van der Waals surface area (Å²) >= 11 is 0. The molecule has 9 nitrogen and oxygen atoms in total. The number of ether oxygens (including phenoxy) is 2. The van der Waals surface area contributed by atoms with Crippen molar-refractivity contribution in [2.75, 3.05) is 19.5 Å². The number of azo groups is 1. The van der Waals surface area contributed by atoms with Crippen molar-refractivity contribution in [1.29, 1.82) is 0 Å². The van der Waals surface area contributed by atoms with Gasteiger partial charge in [-0.1, -0.05) is 0 Å². The Morgan fingerprint density at radius 1 is 1.24 bits per heavy atom. The topological polar surface area (TPSA) is 118 Å².